The largest absolute Gasteiger partial charge is 0.387 e. The highest BCUT2D eigenvalue weighted by atomic mass is 19.1. The van der Waals surface area contributed by atoms with Crippen molar-refractivity contribution in [1.29, 1.82) is 5.26 Å². The van der Waals surface area contributed by atoms with E-state index in [0.717, 1.165) is 5.56 Å². The zero-order valence-electron chi connectivity index (χ0n) is 12.5. The molecule has 1 unspecified atom stereocenters. The van der Waals surface area contributed by atoms with Crippen LogP contribution >= 0.6 is 0 Å². The molecule has 0 aliphatic carbocycles. The Kier molecular flexibility index (Phi) is 4.14. The first-order chi connectivity index (χ1) is 11.0. The predicted molar refractivity (Wildman–Crippen MR) is 82.9 cm³/mol. The van der Waals surface area contributed by atoms with Crippen molar-refractivity contribution in [3.05, 3.63) is 71.0 Å². The third-order valence-corrected chi connectivity index (χ3v) is 4.21. The van der Waals surface area contributed by atoms with Gasteiger partial charge in [-0.2, -0.15) is 5.26 Å². The van der Waals surface area contributed by atoms with Crippen LogP contribution in [0.25, 0.3) is 0 Å². The molecule has 0 saturated carbocycles. The molecule has 5 heteroatoms. The maximum absolute atomic E-state index is 12.9. The second kappa shape index (κ2) is 6.09. The Labute approximate surface area is 134 Å². The second-order valence-electron chi connectivity index (χ2n) is 5.96. The topological polar surface area (TPSA) is 67.5 Å². The zero-order valence-corrected chi connectivity index (χ0v) is 12.5. The third kappa shape index (κ3) is 3.25. The summed E-state index contributed by atoms with van der Waals surface area (Å²) in [6.07, 6.45) is -0.680. The molecule has 1 fully saturated rings. The molecule has 2 aromatic carbocycles. The normalized spacial score (nSPS) is 18.0. The highest BCUT2D eigenvalue weighted by Gasteiger charge is 2.43. The molecule has 1 atom stereocenters. The minimum absolute atomic E-state index is 0.329. The van der Waals surface area contributed by atoms with E-state index in [1.54, 1.807) is 36.4 Å². The molecule has 1 aliphatic rings. The fourth-order valence-electron chi connectivity index (χ4n) is 2.90. The lowest BCUT2D eigenvalue weighted by Gasteiger charge is -2.47. The van der Waals surface area contributed by atoms with Crippen molar-refractivity contribution < 1.29 is 14.6 Å². The van der Waals surface area contributed by atoms with E-state index in [1.807, 2.05) is 11.0 Å². The molecule has 1 heterocycles. The second-order valence-corrected chi connectivity index (χ2v) is 5.96. The van der Waals surface area contributed by atoms with Crippen LogP contribution in [0, 0.1) is 17.1 Å². The minimum Gasteiger partial charge on any atom is -0.387 e. The lowest BCUT2D eigenvalue weighted by molar-refractivity contribution is -0.114. The fourth-order valence-corrected chi connectivity index (χ4v) is 2.90. The van der Waals surface area contributed by atoms with Gasteiger partial charge in [0, 0.05) is 19.6 Å². The van der Waals surface area contributed by atoms with Crippen LogP contribution in [0.3, 0.4) is 0 Å². The predicted octanol–water partition coefficient (Wildman–Crippen LogP) is 1.93. The molecular formula is C18H17FN2O2. The Bertz CT molecular complexity index is 716. The van der Waals surface area contributed by atoms with Gasteiger partial charge in [-0.15, -0.1) is 0 Å². The average molecular weight is 312 g/mol. The number of nitrogens with zero attached hydrogens (tertiary/aromatic N) is 2. The summed E-state index contributed by atoms with van der Waals surface area (Å²) in [5.41, 5.74) is 0.984. The number of nitriles is 1. The number of aliphatic hydroxyl groups is 2. The van der Waals surface area contributed by atoms with Crippen LogP contribution in [0.1, 0.15) is 22.8 Å². The number of halogens is 1. The van der Waals surface area contributed by atoms with Gasteiger partial charge in [0.15, 0.2) is 0 Å². The molecule has 2 aromatic rings. The van der Waals surface area contributed by atoms with Gasteiger partial charge >= 0.3 is 0 Å². The Morgan fingerprint density at radius 1 is 1.13 bits per heavy atom. The molecule has 0 amide bonds. The van der Waals surface area contributed by atoms with Gasteiger partial charge in [-0.25, -0.2) is 4.39 Å². The maximum Gasteiger partial charge on any atom is 0.123 e. The summed E-state index contributed by atoms with van der Waals surface area (Å²) in [5, 5.41) is 29.5. The summed E-state index contributed by atoms with van der Waals surface area (Å²) < 4.78 is 12.9. The Balaban J connectivity index is 1.58. The van der Waals surface area contributed by atoms with E-state index >= 15 is 0 Å². The van der Waals surface area contributed by atoms with E-state index in [1.165, 1.54) is 12.1 Å². The summed E-state index contributed by atoms with van der Waals surface area (Å²) >= 11 is 0. The van der Waals surface area contributed by atoms with Crippen LogP contribution in [0.5, 0.6) is 0 Å². The van der Waals surface area contributed by atoms with E-state index in [-0.39, 0.29) is 5.82 Å². The smallest absolute Gasteiger partial charge is 0.123 e. The van der Waals surface area contributed by atoms with Crippen molar-refractivity contribution in [2.45, 2.75) is 11.7 Å². The van der Waals surface area contributed by atoms with Gasteiger partial charge in [-0.1, -0.05) is 24.3 Å². The molecule has 118 valence electrons. The van der Waals surface area contributed by atoms with Gasteiger partial charge in [-0.05, 0) is 35.4 Å². The molecule has 1 aliphatic heterocycles. The number of rotatable bonds is 4. The molecule has 0 radical (unpaired) electrons. The molecule has 1 saturated heterocycles. The highest BCUT2D eigenvalue weighted by molar-refractivity contribution is 5.33. The van der Waals surface area contributed by atoms with E-state index in [2.05, 4.69) is 0 Å². The number of hydrogen-bond donors (Lipinski definition) is 2. The zero-order chi connectivity index (χ0) is 16.4. The molecular weight excluding hydrogens is 295 g/mol. The SMILES string of the molecule is N#Cc1ccc(C(O)CN2CC(O)(c3ccc(F)cc3)C2)cc1. The molecule has 2 N–H and O–H groups in total. The van der Waals surface area contributed by atoms with Crippen molar-refractivity contribution in [2.24, 2.45) is 0 Å². The summed E-state index contributed by atoms with van der Waals surface area (Å²) in [7, 11) is 0. The quantitative estimate of drug-likeness (QED) is 0.905. The lowest BCUT2D eigenvalue weighted by Crippen LogP contribution is -2.60. The van der Waals surface area contributed by atoms with E-state index in [0.29, 0.717) is 30.8 Å². The first kappa shape index (κ1) is 15.6. The Morgan fingerprint density at radius 2 is 1.74 bits per heavy atom. The first-order valence-corrected chi connectivity index (χ1v) is 7.39. The minimum atomic E-state index is -0.988. The molecule has 0 bridgehead atoms. The van der Waals surface area contributed by atoms with Crippen LogP contribution < -0.4 is 0 Å². The molecule has 0 spiro atoms. The number of benzene rings is 2. The maximum atomic E-state index is 12.9. The van der Waals surface area contributed by atoms with Crippen molar-refractivity contribution in [3.63, 3.8) is 0 Å². The van der Waals surface area contributed by atoms with Crippen LogP contribution in [0.2, 0.25) is 0 Å². The van der Waals surface area contributed by atoms with Gasteiger partial charge in [-0.3, -0.25) is 4.90 Å². The number of likely N-dealkylation sites (tertiary alicyclic amines) is 1. The monoisotopic (exact) mass is 312 g/mol. The van der Waals surface area contributed by atoms with Crippen molar-refractivity contribution >= 4 is 0 Å². The van der Waals surface area contributed by atoms with Crippen molar-refractivity contribution in [2.75, 3.05) is 19.6 Å². The lowest BCUT2D eigenvalue weighted by atomic mass is 9.85. The van der Waals surface area contributed by atoms with Gasteiger partial charge < -0.3 is 10.2 Å². The summed E-state index contributed by atoms with van der Waals surface area (Å²) in [6, 6.07) is 14.7. The average Bonchev–Trinajstić information content (AvgIpc) is 2.54. The summed E-state index contributed by atoms with van der Waals surface area (Å²) in [6.45, 7) is 1.19. The fraction of sp³-hybridized carbons (Fsp3) is 0.278. The highest BCUT2D eigenvalue weighted by Crippen LogP contribution is 2.33. The van der Waals surface area contributed by atoms with E-state index in [4.69, 9.17) is 5.26 Å². The Morgan fingerprint density at radius 3 is 2.30 bits per heavy atom. The standard InChI is InChI=1S/C18H17FN2O2/c19-16-7-5-15(6-8-16)18(23)11-21(12-18)10-17(22)14-3-1-13(9-20)2-4-14/h1-8,17,22-23H,10-12H2. The van der Waals surface area contributed by atoms with E-state index in [9.17, 15) is 14.6 Å². The summed E-state index contributed by atoms with van der Waals surface area (Å²) in [5.74, 6) is -0.329. The van der Waals surface area contributed by atoms with Crippen molar-refractivity contribution in [1.82, 2.24) is 4.90 Å². The van der Waals surface area contributed by atoms with Crippen LogP contribution in [-0.2, 0) is 5.60 Å². The number of hydrogen-bond acceptors (Lipinski definition) is 4. The van der Waals surface area contributed by atoms with Gasteiger partial charge in [0.2, 0.25) is 0 Å². The first-order valence-electron chi connectivity index (χ1n) is 7.39. The molecule has 0 aromatic heterocycles. The van der Waals surface area contributed by atoms with Crippen LogP contribution in [0.15, 0.2) is 48.5 Å². The van der Waals surface area contributed by atoms with Gasteiger partial charge in [0.25, 0.3) is 0 Å². The summed E-state index contributed by atoms with van der Waals surface area (Å²) in [4.78, 5) is 1.94. The van der Waals surface area contributed by atoms with Crippen LogP contribution in [-0.4, -0.2) is 34.7 Å². The molecule has 23 heavy (non-hydrogen) atoms. The molecule has 3 rings (SSSR count). The molecule has 4 nitrogen and oxygen atoms in total. The number of β-amino-alcohol motifs (C(OH)–C–C–N with tert-alkyl or cyclic N) is 2. The van der Waals surface area contributed by atoms with Crippen LogP contribution in [0.4, 0.5) is 4.39 Å². The van der Waals surface area contributed by atoms with Gasteiger partial charge in [0.1, 0.15) is 11.4 Å². The Hall–Kier alpha value is -2.26. The van der Waals surface area contributed by atoms with Gasteiger partial charge in [0.05, 0.1) is 17.7 Å². The number of aliphatic hydroxyl groups excluding tert-OH is 1. The third-order valence-electron chi connectivity index (χ3n) is 4.21. The van der Waals surface area contributed by atoms with E-state index < -0.39 is 11.7 Å². The van der Waals surface area contributed by atoms with Crippen molar-refractivity contribution in [3.8, 4) is 6.07 Å².